The predicted octanol–water partition coefficient (Wildman–Crippen LogP) is 2.60. The van der Waals surface area contributed by atoms with Gasteiger partial charge in [0, 0.05) is 24.9 Å². The molecule has 0 saturated carbocycles. The Balaban J connectivity index is 1.71. The fourth-order valence-corrected chi connectivity index (χ4v) is 4.84. The summed E-state index contributed by atoms with van der Waals surface area (Å²) in [7, 11) is 0. The zero-order valence-electron chi connectivity index (χ0n) is 25.1. The Kier molecular flexibility index (Phi) is 12.5. The zero-order valence-corrected chi connectivity index (χ0v) is 25.1. The lowest BCUT2D eigenvalue weighted by molar-refractivity contribution is -0.131. The topological polar surface area (TPSA) is 162 Å². The third kappa shape index (κ3) is 9.95. The fourth-order valence-electron chi connectivity index (χ4n) is 4.84. The molecule has 228 valence electrons. The molecule has 5 atom stereocenters. The van der Waals surface area contributed by atoms with Crippen molar-refractivity contribution in [1.82, 2.24) is 25.9 Å². The van der Waals surface area contributed by atoms with Crippen LogP contribution in [-0.4, -0.2) is 63.6 Å². The van der Waals surface area contributed by atoms with Gasteiger partial charge >= 0.3 is 0 Å². The number of nitrogens with two attached hydrogens (primary N) is 1. The number of H-pyrrole nitrogens is 1. The maximum Gasteiger partial charge on any atom is 0.243 e. The number of aliphatic hydroxyl groups excluding tert-OH is 1. The third-order valence-corrected chi connectivity index (χ3v) is 7.53. The van der Waals surface area contributed by atoms with E-state index < -0.39 is 36.0 Å². The lowest BCUT2D eigenvalue weighted by Crippen LogP contribution is -2.56. The first-order valence-electron chi connectivity index (χ1n) is 14.8. The molecule has 0 bridgehead atoms. The summed E-state index contributed by atoms with van der Waals surface area (Å²) in [6.45, 7) is 8.58. The number of carbonyl (C=O) groups is 3. The van der Waals surface area contributed by atoms with Crippen LogP contribution in [0.5, 0.6) is 0 Å². The summed E-state index contributed by atoms with van der Waals surface area (Å²) in [5, 5.41) is 21.6. The molecule has 10 heteroatoms. The Morgan fingerprint density at radius 2 is 1.74 bits per heavy atom. The molecule has 0 radical (unpaired) electrons. The summed E-state index contributed by atoms with van der Waals surface area (Å²) in [4.78, 5) is 46.3. The second kappa shape index (κ2) is 16.0. The van der Waals surface area contributed by atoms with E-state index in [9.17, 15) is 19.5 Å². The third-order valence-electron chi connectivity index (χ3n) is 7.53. The van der Waals surface area contributed by atoms with Crippen LogP contribution in [-0.2, 0) is 27.2 Å². The van der Waals surface area contributed by atoms with Gasteiger partial charge in [-0.1, -0.05) is 76.6 Å². The number of aromatic nitrogens is 2. The fraction of sp³-hybridized carbons (Fsp3) is 0.500. The summed E-state index contributed by atoms with van der Waals surface area (Å²) in [5.41, 5.74) is 7.94. The van der Waals surface area contributed by atoms with E-state index in [-0.39, 0.29) is 24.7 Å². The molecule has 0 spiro atoms. The lowest BCUT2D eigenvalue weighted by atomic mass is 9.96. The van der Waals surface area contributed by atoms with Gasteiger partial charge in [0.2, 0.25) is 17.7 Å². The highest BCUT2D eigenvalue weighted by Crippen LogP contribution is 2.20. The van der Waals surface area contributed by atoms with Gasteiger partial charge in [-0.05, 0) is 41.0 Å². The Bertz CT molecular complexity index is 1290. The van der Waals surface area contributed by atoms with Crippen molar-refractivity contribution in [2.24, 2.45) is 17.6 Å². The molecule has 0 aliphatic carbocycles. The van der Waals surface area contributed by atoms with Gasteiger partial charge in [0.15, 0.2) is 0 Å². The molecule has 1 aromatic heterocycles. The quantitative estimate of drug-likeness (QED) is 0.153. The van der Waals surface area contributed by atoms with Crippen LogP contribution >= 0.6 is 0 Å². The molecule has 0 aliphatic heterocycles. The number of aromatic amines is 1. The first-order chi connectivity index (χ1) is 20.1. The van der Waals surface area contributed by atoms with E-state index in [0.29, 0.717) is 31.0 Å². The van der Waals surface area contributed by atoms with E-state index in [2.05, 4.69) is 32.8 Å². The number of fused-ring (bicyclic) bond motifs is 1. The number of imidazole rings is 1. The van der Waals surface area contributed by atoms with Crippen molar-refractivity contribution >= 4 is 28.5 Å². The van der Waals surface area contributed by atoms with Gasteiger partial charge in [0.05, 0.1) is 30.9 Å². The molecular weight excluding hydrogens is 532 g/mol. The molecule has 0 aliphatic rings. The largest absolute Gasteiger partial charge is 0.390 e. The lowest BCUT2D eigenvalue weighted by Gasteiger charge is -2.28. The average molecular weight is 579 g/mol. The Hall–Kier alpha value is -3.76. The SMILES string of the molecule is CCC(C)CNC(=O)C[C@H](O)[C@H](CC(C)C)NC(=O)[C@H](Cc1cnc[nH]1)NC(=O)[C@@H](N)Cc1cccc2ccccc12. The molecule has 2 aromatic carbocycles. The minimum absolute atomic E-state index is 0.137. The van der Waals surface area contributed by atoms with Crippen molar-refractivity contribution in [2.75, 3.05) is 6.54 Å². The molecule has 0 fully saturated rings. The number of rotatable bonds is 16. The Labute approximate surface area is 248 Å². The van der Waals surface area contributed by atoms with Crippen molar-refractivity contribution in [2.45, 2.75) is 84.0 Å². The number of carbonyl (C=O) groups excluding carboxylic acids is 3. The van der Waals surface area contributed by atoms with Gasteiger partial charge in [-0.25, -0.2) is 4.98 Å². The summed E-state index contributed by atoms with van der Waals surface area (Å²) in [6, 6.07) is 11.2. The van der Waals surface area contributed by atoms with Crippen LogP contribution in [0.4, 0.5) is 0 Å². The number of hydrogen-bond donors (Lipinski definition) is 6. The van der Waals surface area contributed by atoms with Crippen molar-refractivity contribution in [3.8, 4) is 0 Å². The number of nitrogens with one attached hydrogen (secondary N) is 4. The van der Waals surface area contributed by atoms with Gasteiger partial charge in [-0.3, -0.25) is 14.4 Å². The standard InChI is InChI=1S/C32H46N6O4/c1-5-21(4)17-35-30(40)16-29(39)27(13-20(2)3)37-32(42)28(15-24-18-34-19-36-24)38-31(41)26(33)14-23-11-8-10-22-9-6-7-12-25(22)23/h6-12,18-21,26-29,39H,5,13-17,33H2,1-4H3,(H,34,36)(H,35,40)(H,37,42)(H,38,41)/t21?,26-,27-,28-,29-/m0/s1. The summed E-state index contributed by atoms with van der Waals surface area (Å²) in [5.74, 6) is -0.737. The van der Waals surface area contributed by atoms with E-state index in [1.165, 1.54) is 6.33 Å². The van der Waals surface area contributed by atoms with Crippen LogP contribution in [0.25, 0.3) is 10.8 Å². The van der Waals surface area contributed by atoms with Crippen molar-refractivity contribution < 1.29 is 19.5 Å². The van der Waals surface area contributed by atoms with Crippen molar-refractivity contribution in [3.63, 3.8) is 0 Å². The van der Waals surface area contributed by atoms with Gasteiger partial charge < -0.3 is 31.8 Å². The van der Waals surface area contributed by atoms with Gasteiger partial charge in [-0.15, -0.1) is 0 Å². The first-order valence-corrected chi connectivity index (χ1v) is 14.8. The molecule has 3 rings (SSSR count). The Morgan fingerprint density at radius 3 is 2.43 bits per heavy atom. The molecule has 0 saturated heterocycles. The molecule has 7 N–H and O–H groups in total. The smallest absolute Gasteiger partial charge is 0.243 e. The normalized spacial score (nSPS) is 15.0. The first kappa shape index (κ1) is 32.8. The summed E-state index contributed by atoms with van der Waals surface area (Å²) >= 11 is 0. The van der Waals surface area contributed by atoms with Crippen molar-refractivity contribution in [1.29, 1.82) is 0 Å². The zero-order chi connectivity index (χ0) is 30.6. The van der Waals surface area contributed by atoms with Crippen LogP contribution in [0.3, 0.4) is 0 Å². The second-order valence-corrected chi connectivity index (χ2v) is 11.6. The highest BCUT2D eigenvalue weighted by molar-refractivity contribution is 5.91. The van der Waals surface area contributed by atoms with E-state index in [4.69, 9.17) is 5.73 Å². The average Bonchev–Trinajstić information content (AvgIpc) is 3.48. The molecule has 3 aromatic rings. The van der Waals surface area contributed by atoms with Crippen molar-refractivity contribution in [3.05, 3.63) is 66.2 Å². The van der Waals surface area contributed by atoms with Crippen LogP contribution < -0.4 is 21.7 Å². The van der Waals surface area contributed by atoms with Crippen LogP contribution in [0.1, 0.15) is 58.2 Å². The Morgan fingerprint density at radius 1 is 1.00 bits per heavy atom. The number of benzene rings is 2. The minimum Gasteiger partial charge on any atom is -0.390 e. The molecule has 1 unspecified atom stereocenters. The number of aliphatic hydroxyl groups is 1. The van der Waals surface area contributed by atoms with Gasteiger partial charge in [0.25, 0.3) is 0 Å². The number of nitrogens with zero attached hydrogens (tertiary/aromatic N) is 1. The number of amides is 3. The highest BCUT2D eigenvalue weighted by atomic mass is 16.3. The summed E-state index contributed by atoms with van der Waals surface area (Å²) in [6.07, 6.45) is 3.70. The summed E-state index contributed by atoms with van der Waals surface area (Å²) < 4.78 is 0. The molecule has 1 heterocycles. The van der Waals surface area contributed by atoms with E-state index in [1.54, 1.807) is 6.20 Å². The van der Waals surface area contributed by atoms with Gasteiger partial charge in [0.1, 0.15) is 6.04 Å². The molecule has 10 nitrogen and oxygen atoms in total. The monoisotopic (exact) mass is 578 g/mol. The maximum absolute atomic E-state index is 13.6. The van der Waals surface area contributed by atoms with Gasteiger partial charge in [-0.2, -0.15) is 0 Å². The van der Waals surface area contributed by atoms with E-state index >= 15 is 0 Å². The second-order valence-electron chi connectivity index (χ2n) is 11.6. The van der Waals surface area contributed by atoms with Crippen LogP contribution in [0.2, 0.25) is 0 Å². The number of hydrogen-bond acceptors (Lipinski definition) is 6. The molecular formula is C32H46N6O4. The maximum atomic E-state index is 13.6. The minimum atomic E-state index is -1.09. The van der Waals surface area contributed by atoms with E-state index in [0.717, 1.165) is 22.8 Å². The van der Waals surface area contributed by atoms with E-state index in [1.807, 2.05) is 63.2 Å². The van der Waals surface area contributed by atoms with Crippen LogP contribution in [0, 0.1) is 11.8 Å². The molecule has 42 heavy (non-hydrogen) atoms. The predicted molar refractivity (Wildman–Crippen MR) is 164 cm³/mol. The molecule has 3 amide bonds. The highest BCUT2D eigenvalue weighted by Gasteiger charge is 2.30. The van der Waals surface area contributed by atoms with Crippen LogP contribution in [0.15, 0.2) is 55.0 Å².